The minimum absolute atomic E-state index is 0.0199. The van der Waals surface area contributed by atoms with Gasteiger partial charge in [-0.2, -0.15) is 0 Å². The molecule has 1 saturated heterocycles. The van der Waals surface area contributed by atoms with Gasteiger partial charge in [-0.15, -0.1) is 0 Å². The van der Waals surface area contributed by atoms with E-state index in [4.69, 9.17) is 16.3 Å². The molecule has 8 heteroatoms. The summed E-state index contributed by atoms with van der Waals surface area (Å²) in [6.07, 6.45) is 3.63. The van der Waals surface area contributed by atoms with Crippen LogP contribution in [0.2, 0.25) is 5.02 Å². The second-order valence-corrected chi connectivity index (χ2v) is 9.04. The van der Waals surface area contributed by atoms with E-state index in [0.717, 1.165) is 54.8 Å². The van der Waals surface area contributed by atoms with Crippen molar-refractivity contribution in [2.45, 2.75) is 25.2 Å². The lowest BCUT2D eigenvalue weighted by atomic mass is 10.1. The Morgan fingerprint density at radius 3 is 2.75 bits per heavy atom. The van der Waals surface area contributed by atoms with Gasteiger partial charge in [0.25, 0.3) is 0 Å². The highest BCUT2D eigenvalue weighted by Gasteiger charge is 2.14. The Labute approximate surface area is 197 Å². The number of morpholine rings is 1. The van der Waals surface area contributed by atoms with E-state index in [1.807, 2.05) is 42.0 Å². The summed E-state index contributed by atoms with van der Waals surface area (Å²) in [5.41, 5.74) is 4.34. The summed E-state index contributed by atoms with van der Waals surface area (Å²) >= 11 is 7.68. The van der Waals surface area contributed by atoms with E-state index in [1.165, 1.54) is 17.3 Å². The first-order chi connectivity index (χ1) is 15.6. The number of rotatable bonds is 8. The second kappa shape index (κ2) is 11.0. The van der Waals surface area contributed by atoms with Crippen molar-refractivity contribution in [2.75, 3.05) is 32.1 Å². The molecule has 1 N–H and O–H groups in total. The number of hydrogen-bond acceptors (Lipinski definition) is 5. The summed E-state index contributed by atoms with van der Waals surface area (Å²) in [5, 5.41) is 4.53. The van der Waals surface area contributed by atoms with Crippen LogP contribution in [0.5, 0.6) is 0 Å². The first kappa shape index (κ1) is 22.9. The summed E-state index contributed by atoms with van der Waals surface area (Å²) in [7, 11) is 0. The van der Waals surface area contributed by atoms with Gasteiger partial charge < -0.3 is 10.1 Å². The Bertz CT molecular complexity index is 1070. The third-order valence-corrected chi connectivity index (χ3v) is 6.91. The molecule has 2 heterocycles. The van der Waals surface area contributed by atoms with Gasteiger partial charge in [-0.25, -0.2) is 4.98 Å². The molecule has 1 aliphatic rings. The fourth-order valence-corrected chi connectivity index (χ4v) is 4.66. The standard InChI is InChI=1S/C24H27ClN4O2S/c1-18-21(25)7-4-8-22(18)29-10-9-26-24(29)32-17-23(30)27-15-19-5-2-3-6-20(19)16-28-11-13-31-14-12-28/h2-10H,11-17H2,1H3,(H,27,30). The molecule has 1 aliphatic heterocycles. The van der Waals surface area contributed by atoms with Crippen LogP contribution in [0.4, 0.5) is 0 Å². The highest BCUT2D eigenvalue weighted by molar-refractivity contribution is 7.99. The van der Waals surface area contributed by atoms with Crippen LogP contribution < -0.4 is 5.32 Å². The van der Waals surface area contributed by atoms with Gasteiger partial charge in [-0.3, -0.25) is 14.3 Å². The number of nitrogens with zero attached hydrogens (tertiary/aromatic N) is 3. The first-order valence-electron chi connectivity index (χ1n) is 10.7. The highest BCUT2D eigenvalue weighted by atomic mass is 35.5. The van der Waals surface area contributed by atoms with E-state index in [1.54, 1.807) is 6.20 Å². The van der Waals surface area contributed by atoms with Crippen LogP contribution in [-0.4, -0.2) is 52.4 Å². The van der Waals surface area contributed by atoms with Gasteiger partial charge in [0.05, 0.1) is 24.7 Å². The van der Waals surface area contributed by atoms with E-state index in [9.17, 15) is 4.79 Å². The van der Waals surface area contributed by atoms with Gasteiger partial charge in [0.1, 0.15) is 0 Å². The molecule has 6 nitrogen and oxygen atoms in total. The fourth-order valence-electron chi connectivity index (χ4n) is 3.70. The molecule has 32 heavy (non-hydrogen) atoms. The third kappa shape index (κ3) is 5.72. The molecule has 0 spiro atoms. The fraction of sp³-hybridized carbons (Fsp3) is 0.333. The van der Waals surface area contributed by atoms with E-state index in [2.05, 4.69) is 33.4 Å². The average molecular weight is 471 g/mol. The smallest absolute Gasteiger partial charge is 0.230 e. The van der Waals surface area contributed by atoms with Crippen molar-refractivity contribution in [3.05, 3.63) is 76.6 Å². The zero-order chi connectivity index (χ0) is 22.3. The Morgan fingerprint density at radius 1 is 1.16 bits per heavy atom. The largest absolute Gasteiger partial charge is 0.379 e. The Hall–Kier alpha value is -2.32. The lowest BCUT2D eigenvalue weighted by Gasteiger charge is -2.27. The zero-order valence-electron chi connectivity index (χ0n) is 18.1. The van der Waals surface area contributed by atoms with Crippen LogP contribution in [0.25, 0.3) is 5.69 Å². The molecule has 2 aromatic carbocycles. The van der Waals surface area contributed by atoms with Crippen molar-refractivity contribution >= 4 is 29.3 Å². The molecule has 4 rings (SSSR count). The van der Waals surface area contributed by atoms with Crippen molar-refractivity contribution in [1.29, 1.82) is 0 Å². The summed E-state index contributed by atoms with van der Waals surface area (Å²) in [5.74, 6) is 0.274. The summed E-state index contributed by atoms with van der Waals surface area (Å²) < 4.78 is 7.41. The first-order valence-corrected chi connectivity index (χ1v) is 12.0. The number of imidazole rings is 1. The van der Waals surface area contributed by atoms with Crippen molar-refractivity contribution in [1.82, 2.24) is 19.8 Å². The summed E-state index contributed by atoms with van der Waals surface area (Å²) in [6.45, 7) is 6.81. The van der Waals surface area contributed by atoms with Gasteiger partial charge in [-0.05, 0) is 35.7 Å². The van der Waals surface area contributed by atoms with Gasteiger partial charge in [0.2, 0.25) is 5.91 Å². The van der Waals surface area contributed by atoms with Gasteiger partial charge in [0.15, 0.2) is 5.16 Å². The molecule has 0 radical (unpaired) electrons. The number of ether oxygens (including phenoxy) is 1. The summed E-state index contributed by atoms with van der Waals surface area (Å²) in [4.78, 5) is 19.4. The number of nitrogens with one attached hydrogen (secondary N) is 1. The van der Waals surface area contributed by atoms with Crippen LogP contribution in [0.1, 0.15) is 16.7 Å². The Morgan fingerprint density at radius 2 is 1.94 bits per heavy atom. The van der Waals surface area contributed by atoms with Crippen LogP contribution in [-0.2, 0) is 22.6 Å². The number of hydrogen-bond donors (Lipinski definition) is 1. The molecule has 3 aromatic rings. The summed E-state index contributed by atoms with van der Waals surface area (Å²) in [6, 6.07) is 14.1. The molecule has 168 valence electrons. The van der Waals surface area contributed by atoms with Gasteiger partial charge in [-0.1, -0.05) is 53.7 Å². The van der Waals surface area contributed by atoms with Crippen molar-refractivity contribution < 1.29 is 9.53 Å². The molecule has 1 aromatic heterocycles. The maximum atomic E-state index is 12.6. The Balaban J connectivity index is 1.33. The highest BCUT2D eigenvalue weighted by Crippen LogP contribution is 2.26. The molecule has 0 atom stereocenters. The van der Waals surface area contributed by atoms with E-state index in [-0.39, 0.29) is 5.91 Å². The second-order valence-electron chi connectivity index (χ2n) is 7.69. The van der Waals surface area contributed by atoms with Crippen LogP contribution in [0.15, 0.2) is 60.0 Å². The van der Waals surface area contributed by atoms with E-state index >= 15 is 0 Å². The normalized spacial score (nSPS) is 14.4. The van der Waals surface area contributed by atoms with E-state index < -0.39 is 0 Å². The van der Waals surface area contributed by atoms with Crippen LogP contribution in [0, 0.1) is 6.92 Å². The topological polar surface area (TPSA) is 59.4 Å². The zero-order valence-corrected chi connectivity index (χ0v) is 19.7. The van der Waals surface area contributed by atoms with Crippen molar-refractivity contribution in [3.63, 3.8) is 0 Å². The van der Waals surface area contributed by atoms with Crippen molar-refractivity contribution in [2.24, 2.45) is 0 Å². The lowest BCUT2D eigenvalue weighted by molar-refractivity contribution is -0.118. The van der Waals surface area contributed by atoms with E-state index in [0.29, 0.717) is 17.3 Å². The Kier molecular flexibility index (Phi) is 7.86. The molecule has 0 saturated carbocycles. The van der Waals surface area contributed by atoms with Crippen molar-refractivity contribution in [3.8, 4) is 5.69 Å². The quantitative estimate of drug-likeness (QED) is 0.503. The third-order valence-electron chi connectivity index (χ3n) is 5.53. The number of benzene rings is 2. The monoisotopic (exact) mass is 470 g/mol. The molecule has 1 fully saturated rings. The molecule has 1 amide bonds. The molecule has 0 aliphatic carbocycles. The number of halogens is 1. The number of carbonyl (C=O) groups is 1. The molecule has 0 unspecified atom stereocenters. The maximum Gasteiger partial charge on any atom is 0.230 e. The number of aromatic nitrogens is 2. The predicted octanol–water partition coefficient (Wildman–Crippen LogP) is 4.07. The molecular formula is C24H27ClN4O2S. The van der Waals surface area contributed by atoms with Gasteiger partial charge in [0, 0.05) is 43.6 Å². The predicted molar refractivity (Wildman–Crippen MR) is 128 cm³/mol. The maximum absolute atomic E-state index is 12.6. The number of carbonyl (C=O) groups excluding carboxylic acids is 1. The lowest BCUT2D eigenvalue weighted by Crippen LogP contribution is -2.36. The molecule has 0 bridgehead atoms. The van der Waals surface area contributed by atoms with Crippen LogP contribution >= 0.6 is 23.4 Å². The van der Waals surface area contributed by atoms with Crippen LogP contribution in [0.3, 0.4) is 0 Å². The average Bonchev–Trinajstić information content (AvgIpc) is 3.28. The molecular weight excluding hydrogens is 444 g/mol. The van der Waals surface area contributed by atoms with Gasteiger partial charge >= 0.3 is 0 Å². The SMILES string of the molecule is Cc1c(Cl)cccc1-n1ccnc1SCC(=O)NCc1ccccc1CN1CCOCC1. The number of amides is 1. The number of thioether (sulfide) groups is 1. The minimum atomic E-state index is -0.0199. The minimum Gasteiger partial charge on any atom is -0.379 e.